The first kappa shape index (κ1) is 10.3. The van der Waals surface area contributed by atoms with Gasteiger partial charge < -0.3 is 0 Å². The van der Waals surface area contributed by atoms with E-state index >= 15 is 0 Å². The van der Waals surface area contributed by atoms with Crippen molar-refractivity contribution < 1.29 is 9.59 Å². The molecule has 0 saturated heterocycles. The number of Topliss-reactive ketones (excluding diaryl/α,β-unsaturated/α-hetero) is 1. The zero-order chi connectivity index (χ0) is 12.2. The van der Waals surface area contributed by atoms with Crippen LogP contribution in [0.15, 0.2) is 24.4 Å². The number of nitrogens with zero attached hydrogens (tertiary/aromatic N) is 1. The third kappa shape index (κ3) is 1.28. The molecule has 1 aliphatic rings. The highest BCUT2D eigenvalue weighted by molar-refractivity contribution is 6.07. The fraction of sp³-hybridized carbons (Fsp3) is 0.286. The average molecular weight is 227 g/mol. The lowest BCUT2D eigenvalue weighted by molar-refractivity contribution is 0.0936. The number of rotatable bonds is 0. The average Bonchev–Trinajstić information content (AvgIpc) is 2.82. The molecule has 0 spiro atoms. The SMILES string of the molecule is CC(=O)n1ccc2c3c(ccc21)C(=O)C(C)C3. The van der Waals surface area contributed by atoms with Crippen LogP contribution in [0.25, 0.3) is 10.9 Å². The largest absolute Gasteiger partial charge is 0.294 e. The molecule has 3 rings (SSSR count). The molecule has 0 fully saturated rings. The predicted octanol–water partition coefficient (Wildman–Crippen LogP) is 2.68. The van der Waals surface area contributed by atoms with Gasteiger partial charge in [0.05, 0.1) is 5.52 Å². The standard InChI is InChI=1S/C14H13NO2/c1-8-7-12-10-5-6-15(9(2)16)13(10)4-3-11(12)14(8)17/h3-6,8H,7H2,1-2H3. The highest BCUT2D eigenvalue weighted by Gasteiger charge is 2.28. The smallest absolute Gasteiger partial charge is 0.227 e. The molecule has 3 nitrogen and oxygen atoms in total. The van der Waals surface area contributed by atoms with Crippen LogP contribution < -0.4 is 0 Å². The van der Waals surface area contributed by atoms with Crippen LogP contribution in [0.2, 0.25) is 0 Å². The quantitative estimate of drug-likeness (QED) is 0.694. The summed E-state index contributed by atoms with van der Waals surface area (Å²) >= 11 is 0. The Morgan fingerprint density at radius 1 is 1.35 bits per heavy atom. The molecule has 17 heavy (non-hydrogen) atoms. The molecule has 0 saturated carbocycles. The maximum Gasteiger partial charge on any atom is 0.227 e. The Hall–Kier alpha value is -1.90. The Morgan fingerprint density at radius 3 is 2.82 bits per heavy atom. The van der Waals surface area contributed by atoms with Crippen LogP contribution in [0.5, 0.6) is 0 Å². The molecule has 0 amide bonds. The first-order valence-electron chi connectivity index (χ1n) is 5.77. The lowest BCUT2D eigenvalue weighted by Gasteiger charge is -2.02. The molecular weight excluding hydrogens is 214 g/mol. The van der Waals surface area contributed by atoms with Crippen LogP contribution in [0.3, 0.4) is 0 Å². The number of carbonyl (C=O) groups excluding carboxylic acids is 2. The molecule has 0 N–H and O–H groups in total. The van der Waals surface area contributed by atoms with Gasteiger partial charge in [0.2, 0.25) is 5.91 Å². The van der Waals surface area contributed by atoms with Crippen molar-refractivity contribution in [3.8, 4) is 0 Å². The van der Waals surface area contributed by atoms with E-state index in [1.807, 2.05) is 25.1 Å². The van der Waals surface area contributed by atoms with Crippen molar-refractivity contribution >= 4 is 22.6 Å². The van der Waals surface area contributed by atoms with E-state index < -0.39 is 0 Å². The van der Waals surface area contributed by atoms with Crippen LogP contribution in [-0.2, 0) is 6.42 Å². The minimum atomic E-state index is -0.00248. The van der Waals surface area contributed by atoms with E-state index in [4.69, 9.17) is 0 Å². The predicted molar refractivity (Wildman–Crippen MR) is 65.4 cm³/mol. The zero-order valence-electron chi connectivity index (χ0n) is 9.86. The van der Waals surface area contributed by atoms with Gasteiger partial charge in [-0.2, -0.15) is 0 Å². The molecule has 1 aromatic carbocycles. The number of hydrogen-bond donors (Lipinski definition) is 0. The van der Waals surface area contributed by atoms with Crippen LogP contribution in [0, 0.1) is 5.92 Å². The second-order valence-electron chi connectivity index (χ2n) is 4.70. The Kier molecular flexibility index (Phi) is 1.99. The van der Waals surface area contributed by atoms with Gasteiger partial charge in [-0.3, -0.25) is 14.2 Å². The number of ketones is 1. The van der Waals surface area contributed by atoms with Crippen molar-refractivity contribution in [3.63, 3.8) is 0 Å². The first-order chi connectivity index (χ1) is 8.09. The number of aromatic nitrogens is 1. The van der Waals surface area contributed by atoms with E-state index in [0.29, 0.717) is 0 Å². The van der Waals surface area contributed by atoms with Gasteiger partial charge in [0.25, 0.3) is 0 Å². The van der Waals surface area contributed by atoms with E-state index in [2.05, 4.69) is 0 Å². The van der Waals surface area contributed by atoms with Crippen molar-refractivity contribution in [1.82, 2.24) is 4.57 Å². The van der Waals surface area contributed by atoms with E-state index in [9.17, 15) is 9.59 Å². The Balaban J connectivity index is 2.32. The molecule has 3 heteroatoms. The van der Waals surface area contributed by atoms with Crippen molar-refractivity contribution in [2.75, 3.05) is 0 Å². The third-order valence-corrected chi connectivity index (χ3v) is 3.55. The molecule has 1 heterocycles. The van der Waals surface area contributed by atoms with Crippen LogP contribution in [0.1, 0.15) is 34.6 Å². The zero-order valence-corrected chi connectivity index (χ0v) is 9.86. The molecule has 2 aromatic rings. The Morgan fingerprint density at radius 2 is 2.12 bits per heavy atom. The van der Waals surface area contributed by atoms with Crippen molar-refractivity contribution in [2.24, 2.45) is 5.92 Å². The molecule has 0 bridgehead atoms. The van der Waals surface area contributed by atoms with Gasteiger partial charge in [-0.25, -0.2) is 0 Å². The first-order valence-corrected chi connectivity index (χ1v) is 5.77. The van der Waals surface area contributed by atoms with Gasteiger partial charge in [-0.05, 0) is 30.2 Å². The summed E-state index contributed by atoms with van der Waals surface area (Å²) in [5.74, 6) is 0.283. The summed E-state index contributed by atoms with van der Waals surface area (Å²) in [4.78, 5) is 23.4. The van der Waals surface area contributed by atoms with Crippen molar-refractivity contribution in [2.45, 2.75) is 20.3 Å². The number of fused-ring (bicyclic) bond motifs is 3. The Labute approximate surface area is 99.0 Å². The summed E-state index contributed by atoms with van der Waals surface area (Å²) in [7, 11) is 0. The molecule has 1 atom stereocenters. The van der Waals surface area contributed by atoms with Gasteiger partial charge in [0, 0.05) is 30.0 Å². The third-order valence-electron chi connectivity index (χ3n) is 3.55. The van der Waals surface area contributed by atoms with Gasteiger partial charge in [0.1, 0.15) is 0 Å². The van der Waals surface area contributed by atoms with E-state index in [1.165, 1.54) is 0 Å². The lowest BCUT2D eigenvalue weighted by Crippen LogP contribution is -2.03. The maximum atomic E-state index is 11.9. The number of benzene rings is 1. The molecule has 1 aromatic heterocycles. The highest BCUT2D eigenvalue weighted by Crippen LogP contribution is 2.33. The second kappa shape index (κ2) is 3.29. The molecule has 0 aliphatic heterocycles. The molecule has 1 unspecified atom stereocenters. The normalized spacial score (nSPS) is 18.7. The number of carbonyl (C=O) groups is 2. The maximum absolute atomic E-state index is 11.9. The van der Waals surface area contributed by atoms with Gasteiger partial charge in [0.15, 0.2) is 5.78 Å². The van der Waals surface area contributed by atoms with E-state index in [1.54, 1.807) is 17.7 Å². The fourth-order valence-electron chi connectivity index (χ4n) is 2.67. The van der Waals surface area contributed by atoms with Crippen molar-refractivity contribution in [3.05, 3.63) is 35.5 Å². The summed E-state index contributed by atoms with van der Waals surface area (Å²) < 4.78 is 1.63. The minimum absolute atomic E-state index is 0.00248. The van der Waals surface area contributed by atoms with Gasteiger partial charge in [-0.15, -0.1) is 0 Å². The van der Waals surface area contributed by atoms with E-state index in [-0.39, 0.29) is 17.6 Å². The van der Waals surface area contributed by atoms with Gasteiger partial charge >= 0.3 is 0 Å². The second-order valence-corrected chi connectivity index (χ2v) is 4.70. The summed E-state index contributed by atoms with van der Waals surface area (Å²) in [5.41, 5.74) is 2.82. The minimum Gasteiger partial charge on any atom is -0.294 e. The topological polar surface area (TPSA) is 39.1 Å². The number of hydrogen-bond acceptors (Lipinski definition) is 2. The van der Waals surface area contributed by atoms with Crippen LogP contribution >= 0.6 is 0 Å². The summed E-state index contributed by atoms with van der Waals surface area (Å²) in [6, 6.07) is 5.65. The van der Waals surface area contributed by atoms with Crippen LogP contribution in [-0.4, -0.2) is 16.3 Å². The molecule has 1 aliphatic carbocycles. The Bertz CT molecular complexity index is 652. The summed E-state index contributed by atoms with van der Waals surface area (Å²) in [6.07, 6.45) is 2.56. The fourth-order valence-corrected chi connectivity index (χ4v) is 2.67. The van der Waals surface area contributed by atoms with Crippen LogP contribution in [0.4, 0.5) is 0 Å². The molecular formula is C14H13NO2. The highest BCUT2D eigenvalue weighted by atomic mass is 16.1. The molecule has 86 valence electrons. The van der Waals surface area contributed by atoms with Gasteiger partial charge in [-0.1, -0.05) is 6.92 Å². The summed E-state index contributed by atoms with van der Waals surface area (Å²) in [5, 5.41) is 1.04. The van der Waals surface area contributed by atoms with Crippen molar-refractivity contribution in [1.29, 1.82) is 0 Å². The lowest BCUT2D eigenvalue weighted by atomic mass is 10.1. The monoisotopic (exact) mass is 227 g/mol. The molecule has 0 radical (unpaired) electrons. The van der Waals surface area contributed by atoms with E-state index in [0.717, 1.165) is 28.5 Å². The summed E-state index contributed by atoms with van der Waals surface area (Å²) in [6.45, 7) is 3.50.